The number of rotatable bonds is 6. The largest absolute Gasteiger partial charge is 0.465 e. The third kappa shape index (κ3) is 5.14. The van der Waals surface area contributed by atoms with Crippen LogP contribution in [0.5, 0.6) is 0 Å². The number of nitrogens with zero attached hydrogens (tertiary/aromatic N) is 2. The summed E-state index contributed by atoms with van der Waals surface area (Å²) in [4.78, 5) is 13.3. The lowest BCUT2D eigenvalue weighted by Gasteiger charge is -2.09. The molecule has 152 valence electrons. The molecule has 0 aliphatic carbocycles. The molecule has 0 radical (unpaired) electrons. The van der Waals surface area contributed by atoms with Gasteiger partial charge in [0.1, 0.15) is 5.00 Å². The Morgan fingerprint density at radius 2 is 2.00 bits per heavy atom. The number of hydrogen-bond donors (Lipinski definition) is 2. The number of carbonyl (C=O) groups excluding carboxylic acids is 1. The zero-order chi connectivity index (χ0) is 21.0. The Morgan fingerprint density at radius 1 is 1.28 bits per heavy atom. The molecule has 6 nitrogen and oxygen atoms in total. The number of aromatic nitrogens is 2. The number of carbonyl (C=O) groups is 1. The molecule has 3 rings (SSSR count). The zero-order valence-electron chi connectivity index (χ0n) is 16.3. The zero-order valence-corrected chi connectivity index (χ0v) is 18.7. The quantitative estimate of drug-likeness (QED) is 0.403. The molecular weight excluding hydrogens is 428 g/mol. The minimum absolute atomic E-state index is 0.357. The van der Waals surface area contributed by atoms with Crippen LogP contribution in [0.25, 0.3) is 0 Å². The van der Waals surface area contributed by atoms with E-state index in [4.69, 9.17) is 28.6 Å². The molecule has 2 N–H and O–H groups in total. The number of methoxy groups -OCH3 is 1. The highest BCUT2D eigenvalue weighted by molar-refractivity contribution is 7.80. The van der Waals surface area contributed by atoms with Crippen molar-refractivity contribution in [1.29, 1.82) is 0 Å². The van der Waals surface area contributed by atoms with Crippen LogP contribution in [0.2, 0.25) is 5.02 Å². The van der Waals surface area contributed by atoms with Crippen LogP contribution in [0.3, 0.4) is 0 Å². The summed E-state index contributed by atoms with van der Waals surface area (Å²) in [5, 5.41) is 12.4. The molecule has 0 aliphatic rings. The van der Waals surface area contributed by atoms with Crippen LogP contribution in [0.1, 0.15) is 33.3 Å². The summed E-state index contributed by atoms with van der Waals surface area (Å²) in [5.74, 6) is 0.240. The highest BCUT2D eigenvalue weighted by Crippen LogP contribution is 2.34. The summed E-state index contributed by atoms with van der Waals surface area (Å²) in [6.45, 7) is 4.61. The summed E-state index contributed by atoms with van der Waals surface area (Å²) in [7, 11) is 1.38. The smallest absolute Gasteiger partial charge is 0.341 e. The average molecular weight is 449 g/mol. The summed E-state index contributed by atoms with van der Waals surface area (Å²) < 4.78 is 6.74. The number of nitrogens with one attached hydrogen (secondary N) is 2. The van der Waals surface area contributed by atoms with E-state index in [0.717, 1.165) is 22.4 Å². The lowest BCUT2D eigenvalue weighted by Crippen LogP contribution is -2.20. The first kappa shape index (κ1) is 21.3. The predicted molar refractivity (Wildman–Crippen MR) is 122 cm³/mol. The lowest BCUT2D eigenvalue weighted by molar-refractivity contribution is 0.0601. The molecule has 0 saturated heterocycles. The van der Waals surface area contributed by atoms with Gasteiger partial charge in [-0.25, -0.2) is 4.79 Å². The summed E-state index contributed by atoms with van der Waals surface area (Å²) >= 11 is 12.8. The van der Waals surface area contributed by atoms with Crippen LogP contribution in [0.15, 0.2) is 36.5 Å². The Kier molecular flexibility index (Phi) is 6.89. The molecule has 0 unspecified atom stereocenters. The molecular formula is C20H21ClN4O2S2. The van der Waals surface area contributed by atoms with Gasteiger partial charge in [0.25, 0.3) is 0 Å². The van der Waals surface area contributed by atoms with Crippen molar-refractivity contribution >= 4 is 57.1 Å². The fourth-order valence-corrected chi connectivity index (χ4v) is 4.49. The Labute approximate surface area is 183 Å². The van der Waals surface area contributed by atoms with Gasteiger partial charge in [0, 0.05) is 22.2 Å². The van der Waals surface area contributed by atoms with Gasteiger partial charge in [-0.15, -0.1) is 11.3 Å². The average Bonchev–Trinajstić information content (AvgIpc) is 3.25. The Balaban J connectivity index is 1.68. The van der Waals surface area contributed by atoms with Crippen LogP contribution >= 0.6 is 35.2 Å². The van der Waals surface area contributed by atoms with Gasteiger partial charge in [-0.3, -0.25) is 4.68 Å². The second kappa shape index (κ2) is 9.39. The first-order valence-electron chi connectivity index (χ1n) is 8.97. The molecule has 2 aromatic heterocycles. The summed E-state index contributed by atoms with van der Waals surface area (Å²) in [6.07, 6.45) is 2.60. The van der Waals surface area contributed by atoms with Crippen molar-refractivity contribution in [1.82, 2.24) is 9.78 Å². The van der Waals surface area contributed by atoms with Gasteiger partial charge < -0.3 is 15.4 Å². The van der Waals surface area contributed by atoms with Gasteiger partial charge >= 0.3 is 5.97 Å². The first-order chi connectivity index (χ1) is 13.9. The maximum absolute atomic E-state index is 12.2. The standard InChI is InChI=1S/C20H21ClN4O2S2/c1-4-15-12(2)29-18(17(15)19(26)27-3)23-20(28)22-16-9-10-25(24-16)11-13-5-7-14(21)8-6-13/h5-10H,4,11H2,1-3H3,(H2,22,23,24,28). The van der Waals surface area contributed by atoms with Gasteiger partial charge in [-0.05, 0) is 48.8 Å². The fourth-order valence-electron chi connectivity index (χ4n) is 2.95. The van der Waals surface area contributed by atoms with Crippen LogP contribution in [-0.2, 0) is 17.7 Å². The SMILES string of the molecule is CCc1c(C)sc(NC(=S)Nc2ccn(Cc3ccc(Cl)cc3)n2)c1C(=O)OC. The first-order valence-corrected chi connectivity index (χ1v) is 10.6. The Bertz CT molecular complexity index is 1030. The Morgan fingerprint density at radius 3 is 2.66 bits per heavy atom. The third-order valence-corrected chi connectivity index (χ3v) is 5.84. The number of thiophene rings is 1. The fraction of sp³-hybridized carbons (Fsp3) is 0.250. The van der Waals surface area contributed by atoms with E-state index in [1.54, 1.807) is 4.68 Å². The molecule has 0 bridgehead atoms. The van der Waals surface area contributed by atoms with Crippen molar-refractivity contribution in [2.45, 2.75) is 26.8 Å². The lowest BCUT2D eigenvalue weighted by atomic mass is 10.1. The van der Waals surface area contributed by atoms with Gasteiger partial charge in [0.15, 0.2) is 10.9 Å². The van der Waals surface area contributed by atoms with E-state index in [1.807, 2.05) is 50.4 Å². The van der Waals surface area contributed by atoms with Gasteiger partial charge in [0.2, 0.25) is 0 Å². The van der Waals surface area contributed by atoms with Gasteiger partial charge in [-0.2, -0.15) is 5.10 Å². The van der Waals surface area contributed by atoms with E-state index < -0.39 is 0 Å². The molecule has 0 aliphatic heterocycles. The predicted octanol–water partition coefficient (Wildman–Crippen LogP) is 5.11. The number of esters is 1. The molecule has 0 amide bonds. The van der Waals surface area contributed by atoms with Crippen LogP contribution in [-0.4, -0.2) is 28.0 Å². The van der Waals surface area contributed by atoms with Crippen molar-refractivity contribution in [3.63, 3.8) is 0 Å². The maximum Gasteiger partial charge on any atom is 0.341 e. The molecule has 9 heteroatoms. The van der Waals surface area contributed by atoms with Crippen molar-refractivity contribution in [3.05, 3.63) is 63.1 Å². The number of halogens is 1. The number of anilines is 2. The molecule has 3 aromatic rings. The molecule has 0 atom stereocenters. The molecule has 0 saturated carbocycles. The van der Waals surface area contributed by atoms with E-state index in [9.17, 15) is 4.79 Å². The second-order valence-electron chi connectivity index (χ2n) is 6.29. The van der Waals surface area contributed by atoms with Crippen molar-refractivity contribution in [2.75, 3.05) is 17.7 Å². The highest BCUT2D eigenvalue weighted by Gasteiger charge is 2.22. The minimum Gasteiger partial charge on any atom is -0.465 e. The molecule has 0 fully saturated rings. The number of hydrogen-bond acceptors (Lipinski definition) is 5. The van der Waals surface area contributed by atoms with Crippen molar-refractivity contribution in [2.24, 2.45) is 0 Å². The van der Waals surface area contributed by atoms with E-state index in [0.29, 0.717) is 33.1 Å². The number of ether oxygens (including phenoxy) is 1. The molecule has 2 heterocycles. The van der Waals surface area contributed by atoms with Gasteiger partial charge in [0.05, 0.1) is 19.2 Å². The van der Waals surface area contributed by atoms with E-state index in [1.165, 1.54) is 18.4 Å². The molecule has 29 heavy (non-hydrogen) atoms. The van der Waals surface area contributed by atoms with Crippen LogP contribution < -0.4 is 10.6 Å². The molecule has 0 spiro atoms. The van der Waals surface area contributed by atoms with Crippen LogP contribution in [0.4, 0.5) is 10.8 Å². The summed E-state index contributed by atoms with van der Waals surface area (Å²) in [6, 6.07) is 9.46. The van der Waals surface area contributed by atoms with Crippen LogP contribution in [0, 0.1) is 6.92 Å². The Hall–Kier alpha value is -2.42. The van der Waals surface area contributed by atoms with Gasteiger partial charge in [-0.1, -0.05) is 30.7 Å². The second-order valence-corrected chi connectivity index (χ2v) is 8.36. The minimum atomic E-state index is -0.372. The summed E-state index contributed by atoms with van der Waals surface area (Å²) in [5.41, 5.74) is 2.60. The number of thiocarbonyl (C=S) groups is 1. The van der Waals surface area contributed by atoms with E-state index in [2.05, 4.69) is 15.7 Å². The molecule has 1 aromatic carbocycles. The highest BCUT2D eigenvalue weighted by atomic mass is 35.5. The van der Waals surface area contributed by atoms with E-state index >= 15 is 0 Å². The van der Waals surface area contributed by atoms with E-state index in [-0.39, 0.29) is 5.97 Å². The van der Waals surface area contributed by atoms with Crippen molar-refractivity contribution < 1.29 is 9.53 Å². The third-order valence-electron chi connectivity index (χ3n) is 4.32. The topological polar surface area (TPSA) is 68.2 Å². The maximum atomic E-state index is 12.2. The van der Waals surface area contributed by atoms with Crippen molar-refractivity contribution in [3.8, 4) is 0 Å². The number of benzene rings is 1. The normalized spacial score (nSPS) is 10.6. The monoisotopic (exact) mass is 448 g/mol. The number of aryl methyl sites for hydroxylation is 1.